The molecule has 2 aromatic carbocycles. The van der Waals surface area contributed by atoms with Crippen LogP contribution >= 0.6 is 11.6 Å². The zero-order chi connectivity index (χ0) is 22.5. The molecule has 0 spiro atoms. The first-order valence-corrected chi connectivity index (χ1v) is 11.6. The Morgan fingerprint density at radius 1 is 1.12 bits per heavy atom. The number of rotatable bonds is 7. The molecule has 1 fully saturated rings. The fourth-order valence-electron chi connectivity index (χ4n) is 4.27. The number of nitrogens with one attached hydrogen (secondary N) is 2. The van der Waals surface area contributed by atoms with E-state index in [-0.39, 0.29) is 24.3 Å². The van der Waals surface area contributed by atoms with Crippen molar-refractivity contribution in [2.75, 3.05) is 18.5 Å². The van der Waals surface area contributed by atoms with Crippen LogP contribution in [0.4, 0.5) is 5.69 Å². The summed E-state index contributed by atoms with van der Waals surface area (Å²) in [5, 5.41) is 6.95. The number of ether oxygens (including phenoxy) is 2. The molecule has 1 aliphatic carbocycles. The number of aryl methyl sites for hydroxylation is 1. The van der Waals surface area contributed by atoms with Crippen molar-refractivity contribution in [3.8, 4) is 11.5 Å². The van der Waals surface area contributed by atoms with E-state index in [0.717, 1.165) is 42.7 Å². The third kappa shape index (κ3) is 5.94. The lowest BCUT2D eigenvalue weighted by Crippen LogP contribution is -2.49. The third-order valence-corrected chi connectivity index (χ3v) is 6.35. The van der Waals surface area contributed by atoms with Crippen LogP contribution in [0.2, 0.25) is 5.02 Å². The van der Waals surface area contributed by atoms with E-state index in [9.17, 15) is 9.59 Å². The van der Waals surface area contributed by atoms with Gasteiger partial charge in [-0.25, -0.2) is 0 Å². The minimum Gasteiger partial charge on any atom is -0.486 e. The summed E-state index contributed by atoms with van der Waals surface area (Å²) >= 11 is 6.00. The van der Waals surface area contributed by atoms with Crippen molar-refractivity contribution in [3.63, 3.8) is 0 Å². The number of hydrogen-bond acceptors (Lipinski definition) is 5. The summed E-state index contributed by atoms with van der Waals surface area (Å²) in [5.74, 6) is 1.72. The number of carbonyl (C=O) groups excluding carboxylic acids is 2. The second-order valence-corrected chi connectivity index (χ2v) is 9.14. The molecular weight excluding hydrogens is 428 g/mol. The van der Waals surface area contributed by atoms with Gasteiger partial charge >= 0.3 is 0 Å². The second kappa shape index (κ2) is 10.3. The van der Waals surface area contributed by atoms with Crippen LogP contribution in [0.1, 0.15) is 37.7 Å². The first-order chi connectivity index (χ1) is 15.5. The molecule has 7 heteroatoms. The summed E-state index contributed by atoms with van der Waals surface area (Å²) in [5.41, 5.74) is 1.96. The van der Waals surface area contributed by atoms with E-state index in [2.05, 4.69) is 10.6 Å². The minimum absolute atomic E-state index is 0.107. The summed E-state index contributed by atoms with van der Waals surface area (Å²) in [6.07, 6.45) is 3.55. The van der Waals surface area contributed by atoms with Crippen LogP contribution in [0.25, 0.3) is 0 Å². The molecule has 0 saturated heterocycles. The molecule has 4 rings (SSSR count). The first kappa shape index (κ1) is 22.5. The van der Waals surface area contributed by atoms with Gasteiger partial charge in [-0.3, -0.25) is 9.59 Å². The summed E-state index contributed by atoms with van der Waals surface area (Å²) in [6.45, 7) is 2.53. The van der Waals surface area contributed by atoms with Crippen LogP contribution in [-0.2, 0) is 9.59 Å². The number of carbonyl (C=O) groups is 2. The van der Waals surface area contributed by atoms with Gasteiger partial charge in [0.1, 0.15) is 18.1 Å². The zero-order valence-electron chi connectivity index (χ0n) is 18.2. The molecule has 6 nitrogen and oxygen atoms in total. The second-order valence-electron chi connectivity index (χ2n) is 8.70. The summed E-state index contributed by atoms with van der Waals surface area (Å²) in [6, 6.07) is 13.1. The fraction of sp³-hybridized carbons (Fsp3) is 0.440. The number of benzene rings is 2. The standard InChI is InChI=1S/C25H29ClN2O4/c1-16-2-9-21(10-3-16)31-15-20(29)12-17-4-7-19(8-5-17)28-25(30)24-14-27-22-13-18(26)6-11-23(22)32-24/h2-3,6,9-11,13,17,19,24,27H,4-5,7-8,12,14-15H2,1H3,(H,28,30)/t17?,19?,24-/m0/s1. The van der Waals surface area contributed by atoms with E-state index in [4.69, 9.17) is 21.1 Å². The average molecular weight is 457 g/mol. The molecule has 0 unspecified atom stereocenters. The highest BCUT2D eigenvalue weighted by atomic mass is 35.5. The normalized spacial score (nSPS) is 22.1. The molecule has 0 aromatic heterocycles. The maximum atomic E-state index is 12.7. The Hall–Kier alpha value is -2.73. The zero-order valence-corrected chi connectivity index (χ0v) is 19.0. The number of halogens is 1. The number of anilines is 1. The minimum atomic E-state index is -0.568. The third-order valence-electron chi connectivity index (χ3n) is 6.11. The Morgan fingerprint density at radius 3 is 2.62 bits per heavy atom. The molecule has 1 aliphatic heterocycles. The maximum Gasteiger partial charge on any atom is 0.263 e. The molecule has 2 aromatic rings. The first-order valence-electron chi connectivity index (χ1n) is 11.2. The van der Waals surface area contributed by atoms with Gasteiger partial charge in [-0.2, -0.15) is 0 Å². The van der Waals surface area contributed by atoms with Crippen molar-refractivity contribution in [2.24, 2.45) is 5.92 Å². The molecule has 2 N–H and O–H groups in total. The van der Waals surface area contributed by atoms with Crippen molar-refractivity contribution in [3.05, 3.63) is 53.1 Å². The van der Waals surface area contributed by atoms with Crippen LogP contribution in [0, 0.1) is 12.8 Å². The highest BCUT2D eigenvalue weighted by Gasteiger charge is 2.30. The number of Topliss-reactive ketones (excluding diaryl/α,β-unsaturated/α-hetero) is 1. The Labute approximate surface area is 193 Å². The summed E-state index contributed by atoms with van der Waals surface area (Å²) < 4.78 is 11.4. The molecule has 0 radical (unpaired) electrons. The van der Waals surface area contributed by atoms with E-state index < -0.39 is 6.10 Å². The predicted molar refractivity (Wildman–Crippen MR) is 125 cm³/mol. The molecule has 0 bridgehead atoms. The average Bonchev–Trinajstić information content (AvgIpc) is 2.79. The highest BCUT2D eigenvalue weighted by Crippen LogP contribution is 2.32. The molecular formula is C25H29ClN2O4. The van der Waals surface area contributed by atoms with Gasteiger partial charge in [-0.1, -0.05) is 29.3 Å². The summed E-state index contributed by atoms with van der Waals surface area (Å²) in [4.78, 5) is 25.0. The van der Waals surface area contributed by atoms with E-state index in [0.29, 0.717) is 29.7 Å². The van der Waals surface area contributed by atoms with Crippen molar-refractivity contribution in [1.29, 1.82) is 0 Å². The van der Waals surface area contributed by atoms with Gasteiger partial charge in [0.25, 0.3) is 5.91 Å². The molecule has 1 atom stereocenters. The number of ketones is 1. The molecule has 1 saturated carbocycles. The van der Waals surface area contributed by atoms with Crippen molar-refractivity contribution >= 4 is 29.0 Å². The van der Waals surface area contributed by atoms with Gasteiger partial charge in [0.05, 0.1) is 12.2 Å². The number of hydrogen-bond donors (Lipinski definition) is 2. The molecule has 1 heterocycles. The largest absolute Gasteiger partial charge is 0.486 e. The van der Waals surface area contributed by atoms with Crippen LogP contribution in [0.15, 0.2) is 42.5 Å². The molecule has 32 heavy (non-hydrogen) atoms. The Kier molecular flexibility index (Phi) is 7.20. The monoisotopic (exact) mass is 456 g/mol. The van der Waals surface area contributed by atoms with Gasteiger partial charge in [-0.15, -0.1) is 0 Å². The van der Waals surface area contributed by atoms with E-state index in [1.165, 1.54) is 0 Å². The van der Waals surface area contributed by atoms with Gasteiger partial charge in [0.15, 0.2) is 11.9 Å². The van der Waals surface area contributed by atoms with E-state index >= 15 is 0 Å². The predicted octanol–water partition coefficient (Wildman–Crippen LogP) is 4.53. The maximum absolute atomic E-state index is 12.7. The van der Waals surface area contributed by atoms with Crippen molar-refractivity contribution in [2.45, 2.75) is 51.2 Å². The lowest BCUT2D eigenvalue weighted by molar-refractivity contribution is -0.129. The highest BCUT2D eigenvalue weighted by molar-refractivity contribution is 6.30. The quantitative estimate of drug-likeness (QED) is 0.639. The van der Waals surface area contributed by atoms with Crippen molar-refractivity contribution in [1.82, 2.24) is 5.32 Å². The van der Waals surface area contributed by atoms with Crippen LogP contribution < -0.4 is 20.1 Å². The van der Waals surface area contributed by atoms with Crippen molar-refractivity contribution < 1.29 is 19.1 Å². The van der Waals surface area contributed by atoms with Gasteiger partial charge in [-0.05, 0) is 68.9 Å². The molecule has 2 aliphatic rings. The van der Waals surface area contributed by atoms with E-state index in [1.54, 1.807) is 18.2 Å². The van der Waals surface area contributed by atoms with Crippen LogP contribution in [-0.4, -0.2) is 37.0 Å². The SMILES string of the molecule is Cc1ccc(OCC(=O)CC2CCC(NC(=O)[C@@H]3CNc4cc(Cl)ccc4O3)CC2)cc1. The fourth-order valence-corrected chi connectivity index (χ4v) is 4.44. The number of amides is 1. The lowest BCUT2D eigenvalue weighted by atomic mass is 9.83. The lowest BCUT2D eigenvalue weighted by Gasteiger charge is -2.31. The number of fused-ring (bicyclic) bond motifs is 1. The van der Waals surface area contributed by atoms with Crippen LogP contribution in [0.3, 0.4) is 0 Å². The topological polar surface area (TPSA) is 76.7 Å². The Morgan fingerprint density at radius 2 is 1.88 bits per heavy atom. The van der Waals surface area contributed by atoms with Gasteiger partial charge in [0, 0.05) is 17.5 Å². The van der Waals surface area contributed by atoms with Gasteiger partial charge in [0.2, 0.25) is 0 Å². The summed E-state index contributed by atoms with van der Waals surface area (Å²) in [7, 11) is 0. The Bertz CT molecular complexity index is 955. The van der Waals surface area contributed by atoms with Gasteiger partial charge < -0.3 is 20.1 Å². The van der Waals surface area contributed by atoms with Crippen LogP contribution in [0.5, 0.6) is 11.5 Å². The molecule has 1 amide bonds. The van der Waals surface area contributed by atoms with E-state index in [1.807, 2.05) is 31.2 Å². The smallest absolute Gasteiger partial charge is 0.263 e. The molecule has 170 valence electrons. The Balaban J connectivity index is 1.17.